The van der Waals surface area contributed by atoms with Gasteiger partial charge in [-0.05, 0) is 51.5 Å². The molecule has 2 heterocycles. The fourth-order valence-electron chi connectivity index (χ4n) is 2.17. The molecule has 1 aliphatic rings. The number of thiophene rings is 1. The molecule has 1 N–H and O–H groups in total. The molecule has 0 unspecified atom stereocenters. The summed E-state index contributed by atoms with van der Waals surface area (Å²) in [7, 11) is 0. The number of nitrogens with one attached hydrogen (secondary N) is 1. The smallest absolute Gasteiger partial charge is 0.175 e. The van der Waals surface area contributed by atoms with Gasteiger partial charge in [-0.25, -0.2) is 0 Å². The summed E-state index contributed by atoms with van der Waals surface area (Å²) in [5, 5.41) is 5.58. The predicted octanol–water partition coefficient (Wildman–Crippen LogP) is 3.61. The van der Waals surface area contributed by atoms with Crippen LogP contribution >= 0.6 is 27.3 Å². The minimum absolute atomic E-state index is 0.615. The van der Waals surface area contributed by atoms with Crippen LogP contribution in [-0.4, -0.2) is 19.8 Å². The molecule has 2 aromatic rings. The molecule has 1 aromatic heterocycles. The minimum atomic E-state index is 0.615. The second-order valence-corrected chi connectivity index (χ2v) is 6.49. The van der Waals surface area contributed by atoms with Gasteiger partial charge in [0.25, 0.3) is 0 Å². The highest BCUT2D eigenvalue weighted by Gasteiger charge is 2.16. The van der Waals surface area contributed by atoms with Crippen molar-refractivity contribution in [3.8, 4) is 11.5 Å². The number of ether oxygens (including phenoxy) is 2. The van der Waals surface area contributed by atoms with Crippen LogP contribution in [0.2, 0.25) is 0 Å². The molecule has 0 fully saturated rings. The third kappa shape index (κ3) is 3.34. The highest BCUT2D eigenvalue weighted by Crippen LogP contribution is 2.38. The Morgan fingerprint density at radius 1 is 1.25 bits per heavy atom. The summed E-state index contributed by atoms with van der Waals surface area (Å²) in [5.41, 5.74) is 1.20. The van der Waals surface area contributed by atoms with Crippen molar-refractivity contribution in [2.45, 2.75) is 13.0 Å². The van der Waals surface area contributed by atoms with Gasteiger partial charge in [0.1, 0.15) is 13.2 Å². The van der Waals surface area contributed by atoms with E-state index in [-0.39, 0.29) is 0 Å². The average Bonchev–Trinajstić information content (AvgIpc) is 2.97. The molecule has 20 heavy (non-hydrogen) atoms. The fraction of sp³-hybridized carbons (Fsp3) is 0.333. The van der Waals surface area contributed by atoms with E-state index in [0.29, 0.717) is 13.2 Å². The van der Waals surface area contributed by atoms with Crippen LogP contribution in [0.25, 0.3) is 0 Å². The van der Waals surface area contributed by atoms with Gasteiger partial charge in [0, 0.05) is 18.0 Å². The molecule has 3 nitrogen and oxygen atoms in total. The van der Waals surface area contributed by atoms with Gasteiger partial charge < -0.3 is 14.8 Å². The first-order valence-electron chi connectivity index (χ1n) is 6.64. The zero-order valence-corrected chi connectivity index (χ0v) is 13.4. The van der Waals surface area contributed by atoms with E-state index in [4.69, 9.17) is 9.47 Å². The highest BCUT2D eigenvalue weighted by atomic mass is 79.9. The maximum Gasteiger partial charge on any atom is 0.175 e. The van der Waals surface area contributed by atoms with E-state index < -0.39 is 0 Å². The number of hydrogen-bond acceptors (Lipinski definition) is 4. The molecule has 0 atom stereocenters. The number of hydrogen-bond donors (Lipinski definition) is 1. The highest BCUT2D eigenvalue weighted by molar-refractivity contribution is 9.10. The lowest BCUT2D eigenvalue weighted by molar-refractivity contribution is 0.170. The van der Waals surface area contributed by atoms with Crippen molar-refractivity contribution in [2.24, 2.45) is 0 Å². The summed E-state index contributed by atoms with van der Waals surface area (Å²) >= 11 is 5.35. The van der Waals surface area contributed by atoms with Gasteiger partial charge in [-0.1, -0.05) is 6.07 Å². The molecule has 1 aromatic carbocycles. The minimum Gasteiger partial charge on any atom is -0.486 e. The Kier molecular flexibility index (Phi) is 4.60. The fourth-order valence-corrected chi connectivity index (χ4v) is 3.48. The van der Waals surface area contributed by atoms with Crippen LogP contribution in [0.15, 0.2) is 34.1 Å². The monoisotopic (exact) mass is 353 g/mol. The molecule has 0 amide bonds. The first-order valence-corrected chi connectivity index (χ1v) is 8.31. The zero-order valence-electron chi connectivity index (χ0n) is 11.0. The Morgan fingerprint density at radius 2 is 2.15 bits per heavy atom. The standard InChI is InChI=1S/C15H16BrNO2S/c16-13-8-11(9-14-15(13)19-6-5-18-14)10-17-4-3-12-2-1-7-20-12/h1-2,7-9,17H,3-6,10H2. The Labute approximate surface area is 131 Å². The van der Waals surface area contributed by atoms with Crippen LogP contribution in [0.1, 0.15) is 10.4 Å². The van der Waals surface area contributed by atoms with Gasteiger partial charge in [-0.3, -0.25) is 0 Å². The molecule has 3 rings (SSSR count). The summed E-state index contributed by atoms with van der Waals surface area (Å²) < 4.78 is 12.2. The second kappa shape index (κ2) is 6.61. The zero-order chi connectivity index (χ0) is 13.8. The first-order chi connectivity index (χ1) is 9.83. The first kappa shape index (κ1) is 13.9. The molecular weight excluding hydrogens is 338 g/mol. The topological polar surface area (TPSA) is 30.5 Å². The maximum atomic E-state index is 5.63. The molecule has 0 radical (unpaired) electrons. The van der Waals surface area contributed by atoms with E-state index in [9.17, 15) is 0 Å². The lowest BCUT2D eigenvalue weighted by Crippen LogP contribution is -2.18. The molecule has 5 heteroatoms. The van der Waals surface area contributed by atoms with E-state index in [0.717, 1.165) is 35.5 Å². The number of halogens is 1. The summed E-state index contributed by atoms with van der Waals surface area (Å²) in [4.78, 5) is 1.42. The molecule has 106 valence electrons. The van der Waals surface area contributed by atoms with Crippen molar-refractivity contribution in [3.63, 3.8) is 0 Å². The van der Waals surface area contributed by atoms with Gasteiger partial charge >= 0.3 is 0 Å². The summed E-state index contributed by atoms with van der Waals surface area (Å²) in [5.74, 6) is 1.65. The van der Waals surface area contributed by atoms with Gasteiger partial charge in [-0.15, -0.1) is 11.3 Å². The molecule has 0 saturated carbocycles. The second-order valence-electron chi connectivity index (χ2n) is 4.61. The van der Waals surface area contributed by atoms with Crippen molar-refractivity contribution >= 4 is 27.3 Å². The van der Waals surface area contributed by atoms with Crippen LogP contribution in [0.5, 0.6) is 11.5 Å². The third-order valence-electron chi connectivity index (χ3n) is 3.11. The molecule has 0 aliphatic carbocycles. The van der Waals surface area contributed by atoms with E-state index in [1.54, 1.807) is 11.3 Å². The maximum absolute atomic E-state index is 5.63. The average molecular weight is 354 g/mol. The SMILES string of the molecule is Brc1cc(CNCCc2cccs2)cc2c1OCCO2. The number of fused-ring (bicyclic) bond motifs is 1. The molecule has 0 saturated heterocycles. The van der Waals surface area contributed by atoms with Gasteiger partial charge in [-0.2, -0.15) is 0 Å². The van der Waals surface area contributed by atoms with E-state index >= 15 is 0 Å². The van der Waals surface area contributed by atoms with Crippen molar-refractivity contribution in [1.29, 1.82) is 0 Å². The summed E-state index contributed by atoms with van der Waals surface area (Å²) in [6, 6.07) is 8.41. The van der Waals surface area contributed by atoms with Crippen molar-refractivity contribution < 1.29 is 9.47 Å². The lowest BCUT2D eigenvalue weighted by atomic mass is 10.2. The largest absolute Gasteiger partial charge is 0.486 e. The van der Waals surface area contributed by atoms with Crippen molar-refractivity contribution in [2.75, 3.05) is 19.8 Å². The van der Waals surface area contributed by atoms with Crippen LogP contribution < -0.4 is 14.8 Å². The van der Waals surface area contributed by atoms with Crippen LogP contribution in [-0.2, 0) is 13.0 Å². The van der Waals surface area contributed by atoms with Crippen LogP contribution in [0.3, 0.4) is 0 Å². The Balaban J connectivity index is 1.56. The van der Waals surface area contributed by atoms with E-state index in [1.807, 2.05) is 0 Å². The Bertz CT molecular complexity index is 572. The van der Waals surface area contributed by atoms with Crippen LogP contribution in [0.4, 0.5) is 0 Å². The number of rotatable bonds is 5. The van der Waals surface area contributed by atoms with Crippen LogP contribution in [0, 0.1) is 0 Å². The molecule has 1 aliphatic heterocycles. The van der Waals surface area contributed by atoms with Crippen molar-refractivity contribution in [1.82, 2.24) is 5.32 Å². The predicted molar refractivity (Wildman–Crippen MR) is 84.9 cm³/mol. The van der Waals surface area contributed by atoms with E-state index in [2.05, 4.69) is 50.9 Å². The Hall–Kier alpha value is -1.04. The van der Waals surface area contributed by atoms with Gasteiger partial charge in [0.2, 0.25) is 0 Å². The molecular formula is C15H16BrNO2S. The molecule has 0 spiro atoms. The molecule has 0 bridgehead atoms. The summed E-state index contributed by atoms with van der Waals surface area (Å²) in [6.07, 6.45) is 1.07. The number of benzene rings is 1. The van der Waals surface area contributed by atoms with E-state index in [1.165, 1.54) is 10.4 Å². The lowest BCUT2D eigenvalue weighted by Gasteiger charge is -2.20. The van der Waals surface area contributed by atoms with Crippen molar-refractivity contribution in [3.05, 3.63) is 44.6 Å². The quantitative estimate of drug-likeness (QED) is 0.832. The third-order valence-corrected chi connectivity index (χ3v) is 4.64. The van der Waals surface area contributed by atoms with Gasteiger partial charge in [0.05, 0.1) is 4.47 Å². The normalized spacial score (nSPS) is 13.4. The Morgan fingerprint density at radius 3 is 3.00 bits per heavy atom. The van der Waals surface area contributed by atoms with Gasteiger partial charge in [0.15, 0.2) is 11.5 Å². The summed E-state index contributed by atoms with van der Waals surface area (Å²) in [6.45, 7) is 3.05.